The third kappa shape index (κ3) is 1.81. The van der Waals surface area contributed by atoms with Gasteiger partial charge in [0.05, 0.1) is 6.10 Å². The molecule has 2 atom stereocenters. The van der Waals surface area contributed by atoms with Crippen LogP contribution in [0, 0.1) is 6.92 Å². The van der Waals surface area contributed by atoms with Crippen molar-refractivity contribution in [3.63, 3.8) is 0 Å². The molecule has 0 amide bonds. The van der Waals surface area contributed by atoms with Gasteiger partial charge in [-0.2, -0.15) is 0 Å². The van der Waals surface area contributed by atoms with Gasteiger partial charge in [0.1, 0.15) is 6.10 Å². The normalized spacial score (nSPS) is 23.7. The average Bonchev–Trinajstić information content (AvgIpc) is 2.70. The van der Waals surface area contributed by atoms with E-state index in [0.717, 1.165) is 30.6 Å². The molecule has 2 heteroatoms. The molecule has 1 heterocycles. The zero-order chi connectivity index (χ0) is 9.97. The van der Waals surface area contributed by atoms with E-state index >= 15 is 0 Å². The van der Waals surface area contributed by atoms with Crippen molar-refractivity contribution in [2.45, 2.75) is 32.0 Å². The van der Waals surface area contributed by atoms with Crippen molar-refractivity contribution in [1.29, 1.82) is 0 Å². The Hall–Kier alpha value is -0.860. The summed E-state index contributed by atoms with van der Waals surface area (Å²) in [6.07, 6.45) is 1.57. The van der Waals surface area contributed by atoms with Gasteiger partial charge < -0.3 is 9.84 Å². The first-order valence-corrected chi connectivity index (χ1v) is 5.14. The fourth-order valence-corrected chi connectivity index (χ4v) is 1.97. The van der Waals surface area contributed by atoms with Gasteiger partial charge >= 0.3 is 0 Å². The van der Waals surface area contributed by atoms with Crippen LogP contribution in [0.15, 0.2) is 24.3 Å². The van der Waals surface area contributed by atoms with Crippen LogP contribution in [0.5, 0.6) is 0 Å². The molecule has 0 spiro atoms. The lowest BCUT2D eigenvalue weighted by atomic mass is 9.98. The van der Waals surface area contributed by atoms with Gasteiger partial charge in [-0.25, -0.2) is 0 Å². The maximum absolute atomic E-state index is 10.1. The van der Waals surface area contributed by atoms with Crippen molar-refractivity contribution in [2.24, 2.45) is 0 Å². The Morgan fingerprint density at radius 2 is 2.21 bits per heavy atom. The first kappa shape index (κ1) is 9.69. The van der Waals surface area contributed by atoms with Gasteiger partial charge in [0, 0.05) is 6.61 Å². The molecular formula is C12H16O2. The maximum Gasteiger partial charge on any atom is 0.105 e. The van der Waals surface area contributed by atoms with E-state index in [9.17, 15) is 5.11 Å². The smallest absolute Gasteiger partial charge is 0.105 e. The lowest BCUT2D eigenvalue weighted by Gasteiger charge is -2.19. The topological polar surface area (TPSA) is 29.5 Å². The molecule has 14 heavy (non-hydrogen) atoms. The largest absolute Gasteiger partial charge is 0.386 e. The van der Waals surface area contributed by atoms with Crippen LogP contribution < -0.4 is 0 Å². The number of hydrogen-bond acceptors (Lipinski definition) is 2. The van der Waals surface area contributed by atoms with Gasteiger partial charge in [-0.15, -0.1) is 0 Å². The number of ether oxygens (including phenoxy) is 1. The van der Waals surface area contributed by atoms with Crippen LogP contribution in [0.3, 0.4) is 0 Å². The van der Waals surface area contributed by atoms with E-state index < -0.39 is 6.10 Å². The molecule has 2 rings (SSSR count). The third-order valence-corrected chi connectivity index (χ3v) is 2.82. The number of rotatable bonds is 2. The molecule has 1 aliphatic rings. The Balaban J connectivity index is 2.17. The Bertz CT molecular complexity index is 303. The fraction of sp³-hybridized carbons (Fsp3) is 0.500. The summed E-state index contributed by atoms with van der Waals surface area (Å²) in [6.45, 7) is 2.81. The van der Waals surface area contributed by atoms with Gasteiger partial charge in [0.2, 0.25) is 0 Å². The van der Waals surface area contributed by atoms with Gasteiger partial charge in [-0.05, 0) is 30.9 Å². The minimum Gasteiger partial charge on any atom is -0.386 e. The molecule has 0 saturated carbocycles. The van der Waals surface area contributed by atoms with Gasteiger partial charge in [0.15, 0.2) is 0 Å². The second-order valence-corrected chi connectivity index (χ2v) is 3.85. The Kier molecular flexibility index (Phi) is 2.85. The van der Waals surface area contributed by atoms with Crippen molar-refractivity contribution in [1.82, 2.24) is 0 Å². The predicted octanol–water partition coefficient (Wildman–Crippen LogP) is 2.21. The molecule has 1 aliphatic heterocycles. The summed E-state index contributed by atoms with van der Waals surface area (Å²) in [6, 6.07) is 7.94. The van der Waals surface area contributed by atoms with Crippen molar-refractivity contribution in [2.75, 3.05) is 6.61 Å². The number of aliphatic hydroxyl groups is 1. The number of aryl methyl sites for hydroxylation is 1. The standard InChI is InChI=1S/C12H16O2/c1-9-5-2-3-6-10(9)12(13)11-7-4-8-14-11/h2-3,5-6,11-13H,4,7-8H2,1H3. The second kappa shape index (κ2) is 4.11. The van der Waals surface area contributed by atoms with Crippen LogP contribution in [0.2, 0.25) is 0 Å². The average molecular weight is 192 g/mol. The molecular weight excluding hydrogens is 176 g/mol. The van der Waals surface area contributed by atoms with Crippen molar-refractivity contribution >= 4 is 0 Å². The van der Waals surface area contributed by atoms with Gasteiger partial charge in [-0.1, -0.05) is 24.3 Å². The molecule has 1 aromatic carbocycles. The second-order valence-electron chi connectivity index (χ2n) is 3.85. The fourth-order valence-electron chi connectivity index (χ4n) is 1.97. The zero-order valence-corrected chi connectivity index (χ0v) is 8.44. The molecule has 1 fully saturated rings. The Morgan fingerprint density at radius 3 is 2.86 bits per heavy atom. The highest BCUT2D eigenvalue weighted by molar-refractivity contribution is 5.28. The van der Waals surface area contributed by atoms with E-state index in [2.05, 4.69) is 0 Å². The Morgan fingerprint density at radius 1 is 1.43 bits per heavy atom. The summed E-state index contributed by atoms with van der Waals surface area (Å²) in [5, 5.41) is 10.1. The molecule has 0 aliphatic carbocycles. The molecule has 0 bridgehead atoms. The minimum atomic E-state index is -0.460. The van der Waals surface area contributed by atoms with E-state index in [1.807, 2.05) is 31.2 Å². The number of benzene rings is 1. The quantitative estimate of drug-likeness (QED) is 0.778. The van der Waals surface area contributed by atoms with Crippen LogP contribution in [0.4, 0.5) is 0 Å². The highest BCUT2D eigenvalue weighted by Crippen LogP contribution is 2.28. The molecule has 2 unspecified atom stereocenters. The van der Waals surface area contributed by atoms with Crippen molar-refractivity contribution in [3.05, 3.63) is 35.4 Å². The molecule has 0 radical (unpaired) electrons. The molecule has 1 aromatic rings. The van der Waals surface area contributed by atoms with Gasteiger partial charge in [0.25, 0.3) is 0 Å². The predicted molar refractivity (Wildman–Crippen MR) is 55.1 cm³/mol. The molecule has 76 valence electrons. The molecule has 1 N–H and O–H groups in total. The third-order valence-electron chi connectivity index (χ3n) is 2.82. The van der Waals surface area contributed by atoms with Crippen molar-refractivity contribution < 1.29 is 9.84 Å². The van der Waals surface area contributed by atoms with Crippen LogP contribution in [0.25, 0.3) is 0 Å². The molecule has 1 saturated heterocycles. The first-order chi connectivity index (χ1) is 6.79. The maximum atomic E-state index is 10.1. The summed E-state index contributed by atoms with van der Waals surface area (Å²) in [5.41, 5.74) is 2.13. The SMILES string of the molecule is Cc1ccccc1C(O)C1CCCO1. The molecule has 0 aromatic heterocycles. The zero-order valence-electron chi connectivity index (χ0n) is 8.44. The summed E-state index contributed by atoms with van der Waals surface area (Å²) in [4.78, 5) is 0. The van der Waals surface area contributed by atoms with Crippen molar-refractivity contribution in [3.8, 4) is 0 Å². The minimum absolute atomic E-state index is 0.00361. The van der Waals surface area contributed by atoms with E-state index in [4.69, 9.17) is 4.74 Å². The van der Waals surface area contributed by atoms with Crippen LogP contribution in [-0.2, 0) is 4.74 Å². The summed E-state index contributed by atoms with van der Waals surface area (Å²) in [5.74, 6) is 0. The Labute approximate surface area is 84.5 Å². The van der Waals surface area contributed by atoms with Gasteiger partial charge in [-0.3, -0.25) is 0 Å². The monoisotopic (exact) mass is 192 g/mol. The van der Waals surface area contributed by atoms with E-state index in [0.29, 0.717) is 0 Å². The van der Waals surface area contributed by atoms with Crippen LogP contribution in [-0.4, -0.2) is 17.8 Å². The highest BCUT2D eigenvalue weighted by atomic mass is 16.5. The highest BCUT2D eigenvalue weighted by Gasteiger charge is 2.25. The summed E-state index contributed by atoms with van der Waals surface area (Å²) >= 11 is 0. The molecule has 2 nitrogen and oxygen atoms in total. The van der Waals surface area contributed by atoms with E-state index in [-0.39, 0.29) is 6.10 Å². The first-order valence-electron chi connectivity index (χ1n) is 5.14. The number of hydrogen-bond donors (Lipinski definition) is 1. The number of aliphatic hydroxyl groups excluding tert-OH is 1. The van der Waals surface area contributed by atoms with E-state index in [1.165, 1.54) is 0 Å². The summed E-state index contributed by atoms with van der Waals surface area (Å²) < 4.78 is 5.47. The summed E-state index contributed by atoms with van der Waals surface area (Å²) in [7, 11) is 0. The lowest BCUT2D eigenvalue weighted by Crippen LogP contribution is -2.17. The van der Waals surface area contributed by atoms with Crippen LogP contribution >= 0.6 is 0 Å². The lowest BCUT2D eigenvalue weighted by molar-refractivity contribution is -0.00288. The van der Waals surface area contributed by atoms with E-state index in [1.54, 1.807) is 0 Å². The van der Waals surface area contributed by atoms with Crippen LogP contribution in [0.1, 0.15) is 30.1 Å².